The van der Waals surface area contributed by atoms with E-state index in [2.05, 4.69) is 10.3 Å². The average Bonchev–Trinajstić information content (AvgIpc) is 2.65. The van der Waals surface area contributed by atoms with Gasteiger partial charge in [-0.2, -0.15) is 0 Å². The molecule has 3 aromatic carbocycles. The first-order valence-electron chi connectivity index (χ1n) is 7.62. The molecule has 0 spiro atoms. The number of carbonyl (C=O) groups excluding carboxylic acids is 1. The molecule has 0 bridgehead atoms. The van der Waals surface area contributed by atoms with Gasteiger partial charge in [0.1, 0.15) is 5.82 Å². The van der Waals surface area contributed by atoms with Crippen LogP contribution in [0, 0.1) is 5.82 Å². The second-order valence-electron chi connectivity index (χ2n) is 5.38. The minimum Gasteiger partial charge on any atom is -0.277 e. The molecule has 0 saturated heterocycles. The number of thioether (sulfide) groups is 1. The number of halogens is 1. The summed E-state index contributed by atoms with van der Waals surface area (Å²) in [7, 11) is -3.90. The molecule has 0 radical (unpaired) electrons. The number of nitrogens with one attached hydrogen (secondary N) is 2. The van der Waals surface area contributed by atoms with Gasteiger partial charge < -0.3 is 0 Å². The van der Waals surface area contributed by atoms with Crippen LogP contribution in [0.3, 0.4) is 0 Å². The predicted octanol–water partition coefficient (Wildman–Crippen LogP) is 3.08. The number of amides is 1. The van der Waals surface area contributed by atoms with Crippen molar-refractivity contribution < 1.29 is 17.6 Å². The third kappa shape index (κ3) is 4.40. The molecule has 3 aromatic rings. The molecule has 8 heteroatoms. The highest BCUT2D eigenvalue weighted by Gasteiger charge is 2.16. The zero-order valence-electron chi connectivity index (χ0n) is 13.5. The molecule has 0 aliphatic rings. The highest BCUT2D eigenvalue weighted by atomic mass is 32.2. The van der Waals surface area contributed by atoms with Crippen LogP contribution in [0.5, 0.6) is 0 Å². The van der Waals surface area contributed by atoms with Crippen molar-refractivity contribution in [3.8, 4) is 0 Å². The lowest BCUT2D eigenvalue weighted by atomic mass is 10.1. The van der Waals surface area contributed by atoms with Crippen molar-refractivity contribution in [3.63, 3.8) is 0 Å². The molecule has 0 fully saturated rings. The molecule has 0 aromatic heterocycles. The Morgan fingerprint density at radius 1 is 0.962 bits per heavy atom. The zero-order valence-corrected chi connectivity index (χ0v) is 15.1. The topological polar surface area (TPSA) is 75.3 Å². The van der Waals surface area contributed by atoms with Gasteiger partial charge in [-0.3, -0.25) is 10.2 Å². The van der Waals surface area contributed by atoms with Crippen LogP contribution in [0.1, 0.15) is 0 Å². The molecule has 1 amide bonds. The van der Waals surface area contributed by atoms with Crippen molar-refractivity contribution in [1.82, 2.24) is 10.3 Å². The van der Waals surface area contributed by atoms with E-state index in [1.54, 1.807) is 30.3 Å². The largest absolute Gasteiger partial charge is 0.277 e. The van der Waals surface area contributed by atoms with Gasteiger partial charge in [0.25, 0.3) is 10.0 Å². The van der Waals surface area contributed by atoms with Gasteiger partial charge >= 0.3 is 0 Å². The summed E-state index contributed by atoms with van der Waals surface area (Å²) in [6.07, 6.45) is 0. The van der Waals surface area contributed by atoms with E-state index in [4.69, 9.17) is 0 Å². The van der Waals surface area contributed by atoms with Crippen molar-refractivity contribution in [2.45, 2.75) is 9.79 Å². The summed E-state index contributed by atoms with van der Waals surface area (Å²) in [5.41, 5.74) is 2.14. The Morgan fingerprint density at radius 2 is 1.65 bits per heavy atom. The summed E-state index contributed by atoms with van der Waals surface area (Å²) in [6.45, 7) is 0. The van der Waals surface area contributed by atoms with Crippen molar-refractivity contribution in [3.05, 3.63) is 72.5 Å². The molecular weight excluding hydrogens is 375 g/mol. The van der Waals surface area contributed by atoms with Crippen LogP contribution in [0.4, 0.5) is 4.39 Å². The van der Waals surface area contributed by atoms with Crippen molar-refractivity contribution >= 4 is 38.5 Å². The molecule has 0 unspecified atom stereocenters. The highest BCUT2D eigenvalue weighted by Crippen LogP contribution is 2.21. The number of hydrogen-bond donors (Lipinski definition) is 2. The summed E-state index contributed by atoms with van der Waals surface area (Å²) < 4.78 is 38.1. The Kier molecular flexibility index (Phi) is 5.55. The van der Waals surface area contributed by atoms with Crippen LogP contribution in [0.25, 0.3) is 10.8 Å². The number of benzene rings is 3. The van der Waals surface area contributed by atoms with E-state index in [0.717, 1.165) is 22.5 Å². The average molecular weight is 390 g/mol. The number of sulfonamides is 1. The first-order chi connectivity index (χ1) is 12.5. The molecule has 5 nitrogen and oxygen atoms in total. The maximum Gasteiger partial charge on any atom is 0.257 e. The van der Waals surface area contributed by atoms with E-state index >= 15 is 0 Å². The van der Waals surface area contributed by atoms with E-state index in [9.17, 15) is 17.6 Å². The number of fused-ring (bicyclic) bond motifs is 1. The SMILES string of the molecule is O=C(CSc1ccccc1F)NNS(=O)(=O)c1ccc2ccccc2c1. The minimum atomic E-state index is -3.90. The third-order valence-electron chi connectivity index (χ3n) is 3.55. The lowest BCUT2D eigenvalue weighted by Crippen LogP contribution is -2.42. The maximum atomic E-state index is 13.5. The fourth-order valence-corrected chi connectivity index (χ4v) is 3.89. The minimum absolute atomic E-state index is 0.0401. The van der Waals surface area contributed by atoms with Gasteiger partial charge in [0.15, 0.2) is 0 Å². The van der Waals surface area contributed by atoms with Gasteiger partial charge in [-0.15, -0.1) is 16.6 Å². The number of hydrogen-bond acceptors (Lipinski definition) is 4. The molecular formula is C18H15FN2O3S2. The Balaban J connectivity index is 1.62. The molecule has 134 valence electrons. The molecule has 3 rings (SSSR count). The first-order valence-corrected chi connectivity index (χ1v) is 10.1. The van der Waals surface area contributed by atoms with Crippen LogP contribution in [-0.4, -0.2) is 20.1 Å². The summed E-state index contributed by atoms with van der Waals surface area (Å²) in [5.74, 6) is -1.13. The molecule has 26 heavy (non-hydrogen) atoms. The van der Waals surface area contributed by atoms with E-state index in [1.165, 1.54) is 18.2 Å². The van der Waals surface area contributed by atoms with Crippen LogP contribution < -0.4 is 10.3 Å². The Hall–Kier alpha value is -2.42. The van der Waals surface area contributed by atoms with Gasteiger partial charge in [-0.25, -0.2) is 12.8 Å². The molecule has 2 N–H and O–H groups in total. The highest BCUT2D eigenvalue weighted by molar-refractivity contribution is 8.00. The van der Waals surface area contributed by atoms with Gasteiger partial charge in [0, 0.05) is 4.90 Å². The summed E-state index contributed by atoms with van der Waals surface area (Å²) >= 11 is 0.982. The van der Waals surface area contributed by atoms with E-state index < -0.39 is 21.7 Å². The smallest absolute Gasteiger partial charge is 0.257 e. The van der Waals surface area contributed by atoms with Crippen LogP contribution in [-0.2, 0) is 14.8 Å². The van der Waals surface area contributed by atoms with Crippen LogP contribution in [0.2, 0.25) is 0 Å². The fourth-order valence-electron chi connectivity index (χ4n) is 2.26. The second-order valence-corrected chi connectivity index (χ2v) is 8.08. The van der Waals surface area contributed by atoms with E-state index in [0.29, 0.717) is 4.90 Å². The lowest BCUT2D eigenvalue weighted by molar-refractivity contribution is -0.119. The van der Waals surface area contributed by atoms with Gasteiger partial charge in [-0.1, -0.05) is 42.5 Å². The molecule has 0 saturated carbocycles. The van der Waals surface area contributed by atoms with E-state index in [1.807, 2.05) is 18.2 Å². The Labute approximate surface area is 154 Å². The lowest BCUT2D eigenvalue weighted by Gasteiger charge is -2.09. The third-order valence-corrected chi connectivity index (χ3v) is 5.85. The fraction of sp³-hybridized carbons (Fsp3) is 0.0556. The van der Waals surface area contributed by atoms with E-state index in [-0.39, 0.29) is 10.6 Å². The first kappa shape index (κ1) is 18.4. The molecule has 0 atom stereocenters. The summed E-state index contributed by atoms with van der Waals surface area (Å²) in [5, 5.41) is 1.69. The molecule has 0 heterocycles. The number of rotatable bonds is 6. The number of hydrazine groups is 1. The van der Waals surface area contributed by atoms with Crippen LogP contribution >= 0.6 is 11.8 Å². The normalized spacial score (nSPS) is 11.4. The maximum absolute atomic E-state index is 13.5. The van der Waals surface area contributed by atoms with Crippen molar-refractivity contribution in [2.75, 3.05) is 5.75 Å². The predicted molar refractivity (Wildman–Crippen MR) is 99.5 cm³/mol. The van der Waals surface area contributed by atoms with Gasteiger partial charge in [0.05, 0.1) is 10.6 Å². The van der Waals surface area contributed by atoms with Crippen LogP contribution in [0.15, 0.2) is 76.5 Å². The van der Waals surface area contributed by atoms with Crippen molar-refractivity contribution in [1.29, 1.82) is 0 Å². The van der Waals surface area contributed by atoms with Gasteiger partial charge in [0.2, 0.25) is 5.91 Å². The molecule has 0 aliphatic carbocycles. The molecule has 0 aliphatic heterocycles. The quantitative estimate of drug-likeness (QED) is 0.501. The van der Waals surface area contributed by atoms with Crippen molar-refractivity contribution in [2.24, 2.45) is 0 Å². The second kappa shape index (κ2) is 7.86. The Morgan fingerprint density at radius 3 is 2.42 bits per heavy atom. The Bertz CT molecular complexity index is 1050. The zero-order chi connectivity index (χ0) is 18.6. The number of carbonyl (C=O) groups is 1. The summed E-state index contributed by atoms with van der Waals surface area (Å²) in [4.78, 5) is 14.3. The standard InChI is InChI=1S/C18H15FN2O3S2/c19-16-7-3-4-8-17(16)25-12-18(22)20-21-26(23,24)15-10-9-13-5-1-2-6-14(13)11-15/h1-11,21H,12H2,(H,20,22). The van der Waals surface area contributed by atoms with Gasteiger partial charge in [-0.05, 0) is 35.0 Å². The summed E-state index contributed by atoms with van der Waals surface area (Å²) in [6, 6.07) is 18.1. The monoisotopic (exact) mass is 390 g/mol.